The Bertz CT molecular complexity index is 875. The molecule has 2 aromatic rings. The molecule has 1 aliphatic heterocycles. The average Bonchev–Trinajstić information content (AvgIpc) is 3.06. The van der Waals surface area contributed by atoms with Gasteiger partial charge in [-0.1, -0.05) is 25.1 Å². The van der Waals surface area contributed by atoms with E-state index in [1.54, 1.807) is 30.1 Å². The fourth-order valence-electron chi connectivity index (χ4n) is 4.99. The molecule has 154 valence electrons. The first-order valence-corrected chi connectivity index (χ1v) is 10.9. The molecule has 4 heteroatoms. The molecular weight excluding hydrogens is 363 g/mol. The lowest BCUT2D eigenvalue weighted by atomic mass is 9.90. The van der Waals surface area contributed by atoms with Gasteiger partial charge in [0.15, 0.2) is 0 Å². The number of anilines is 1. The number of carbonyl (C=O) groups excluding carboxylic acids is 1. The summed E-state index contributed by atoms with van der Waals surface area (Å²) in [5.41, 5.74) is 4.42. The summed E-state index contributed by atoms with van der Waals surface area (Å²) in [6.07, 6.45) is 5.94. The van der Waals surface area contributed by atoms with Crippen molar-refractivity contribution in [2.75, 3.05) is 31.6 Å². The van der Waals surface area contributed by atoms with E-state index in [9.17, 15) is 9.18 Å². The van der Waals surface area contributed by atoms with Gasteiger partial charge in [-0.05, 0) is 79.3 Å². The van der Waals surface area contributed by atoms with E-state index in [0.29, 0.717) is 18.4 Å². The van der Waals surface area contributed by atoms with E-state index >= 15 is 0 Å². The molecule has 1 saturated heterocycles. The number of benzene rings is 2. The number of amides is 1. The van der Waals surface area contributed by atoms with Crippen LogP contribution in [-0.2, 0) is 6.42 Å². The summed E-state index contributed by atoms with van der Waals surface area (Å²) >= 11 is 0. The van der Waals surface area contributed by atoms with Gasteiger partial charge in [-0.25, -0.2) is 4.39 Å². The Balaban J connectivity index is 1.42. The molecule has 2 aromatic carbocycles. The summed E-state index contributed by atoms with van der Waals surface area (Å²) in [5.74, 6) is 0.332. The maximum Gasteiger partial charge on any atom is 0.256 e. The standard InChI is InChI=1S/C25H31FN2O/c1-18-16-19-17-20(28-13-6-3-7-14-28)10-11-22(19)21(18)12-15-27(2)25(29)23-8-4-5-9-24(23)26/h4-5,8-11,17-18,21H,3,6-7,12-16H2,1-2H3/t18-,21-/m1/s1. The third-order valence-electron chi connectivity index (χ3n) is 6.70. The van der Waals surface area contributed by atoms with Crippen LogP contribution in [-0.4, -0.2) is 37.5 Å². The van der Waals surface area contributed by atoms with E-state index < -0.39 is 5.82 Å². The second-order valence-corrected chi connectivity index (χ2v) is 8.71. The van der Waals surface area contributed by atoms with Crippen molar-refractivity contribution in [2.24, 2.45) is 5.92 Å². The van der Waals surface area contributed by atoms with Gasteiger partial charge >= 0.3 is 0 Å². The monoisotopic (exact) mass is 394 g/mol. The van der Waals surface area contributed by atoms with Crippen molar-refractivity contribution in [3.63, 3.8) is 0 Å². The number of hydrogen-bond acceptors (Lipinski definition) is 2. The van der Waals surface area contributed by atoms with E-state index in [2.05, 4.69) is 30.0 Å². The molecule has 2 aliphatic rings. The van der Waals surface area contributed by atoms with Crippen molar-refractivity contribution in [3.05, 3.63) is 65.0 Å². The Labute approximate surface area is 173 Å². The van der Waals surface area contributed by atoms with Crippen LogP contribution in [0.4, 0.5) is 10.1 Å². The van der Waals surface area contributed by atoms with E-state index in [4.69, 9.17) is 0 Å². The van der Waals surface area contributed by atoms with Gasteiger partial charge in [0, 0.05) is 32.4 Å². The quantitative estimate of drug-likeness (QED) is 0.691. The highest BCUT2D eigenvalue weighted by molar-refractivity contribution is 5.94. The Morgan fingerprint density at radius 3 is 2.66 bits per heavy atom. The minimum Gasteiger partial charge on any atom is -0.372 e. The summed E-state index contributed by atoms with van der Waals surface area (Å²) < 4.78 is 13.9. The number of carbonyl (C=O) groups is 1. The lowest BCUT2D eigenvalue weighted by molar-refractivity contribution is 0.0784. The maximum atomic E-state index is 13.9. The van der Waals surface area contributed by atoms with Crippen LogP contribution in [0.1, 0.15) is 60.0 Å². The lowest BCUT2D eigenvalue weighted by Gasteiger charge is -2.29. The molecule has 3 nitrogen and oxygen atoms in total. The number of rotatable bonds is 5. The molecule has 1 heterocycles. The minimum atomic E-state index is -0.450. The predicted molar refractivity (Wildman–Crippen MR) is 116 cm³/mol. The van der Waals surface area contributed by atoms with Gasteiger partial charge in [0.2, 0.25) is 0 Å². The number of halogens is 1. The number of fused-ring (bicyclic) bond motifs is 1. The highest BCUT2D eigenvalue weighted by atomic mass is 19.1. The van der Waals surface area contributed by atoms with Crippen LogP contribution in [0.5, 0.6) is 0 Å². The van der Waals surface area contributed by atoms with Crippen LogP contribution in [0.2, 0.25) is 0 Å². The van der Waals surface area contributed by atoms with Crippen molar-refractivity contribution in [1.82, 2.24) is 4.90 Å². The second kappa shape index (κ2) is 8.56. The zero-order valence-corrected chi connectivity index (χ0v) is 17.5. The highest BCUT2D eigenvalue weighted by Gasteiger charge is 2.30. The van der Waals surface area contributed by atoms with Crippen molar-refractivity contribution in [3.8, 4) is 0 Å². The van der Waals surface area contributed by atoms with Crippen LogP contribution >= 0.6 is 0 Å². The number of hydrogen-bond donors (Lipinski definition) is 0. The van der Waals surface area contributed by atoms with Crippen LogP contribution in [0.15, 0.2) is 42.5 Å². The number of piperidine rings is 1. The largest absolute Gasteiger partial charge is 0.372 e. The fourth-order valence-corrected chi connectivity index (χ4v) is 4.99. The van der Waals surface area contributed by atoms with Gasteiger partial charge in [-0.2, -0.15) is 0 Å². The van der Waals surface area contributed by atoms with Gasteiger partial charge in [0.1, 0.15) is 5.82 Å². The van der Waals surface area contributed by atoms with Gasteiger partial charge < -0.3 is 9.80 Å². The third-order valence-corrected chi connectivity index (χ3v) is 6.70. The summed E-state index contributed by atoms with van der Waals surface area (Å²) in [7, 11) is 1.77. The zero-order chi connectivity index (χ0) is 20.4. The molecule has 29 heavy (non-hydrogen) atoms. The molecule has 0 radical (unpaired) electrons. The molecule has 1 aliphatic carbocycles. The second-order valence-electron chi connectivity index (χ2n) is 8.71. The number of nitrogens with zero attached hydrogens (tertiary/aromatic N) is 2. The zero-order valence-electron chi connectivity index (χ0n) is 17.5. The van der Waals surface area contributed by atoms with Crippen molar-refractivity contribution < 1.29 is 9.18 Å². The van der Waals surface area contributed by atoms with Crippen molar-refractivity contribution in [1.29, 1.82) is 0 Å². The van der Waals surface area contributed by atoms with E-state index in [1.807, 2.05) is 0 Å². The molecule has 0 bridgehead atoms. The summed E-state index contributed by atoms with van der Waals surface area (Å²) in [4.78, 5) is 16.8. The Morgan fingerprint density at radius 1 is 1.14 bits per heavy atom. The Hall–Kier alpha value is -2.36. The fraction of sp³-hybridized carbons (Fsp3) is 0.480. The maximum absolute atomic E-state index is 13.9. The highest BCUT2D eigenvalue weighted by Crippen LogP contribution is 2.41. The molecule has 0 saturated carbocycles. The van der Waals surface area contributed by atoms with Crippen LogP contribution in [0.25, 0.3) is 0 Å². The average molecular weight is 395 g/mol. The SMILES string of the molecule is C[C@@H]1Cc2cc(N3CCCCC3)ccc2[C@@H]1CCN(C)C(=O)c1ccccc1F. The molecule has 1 fully saturated rings. The molecule has 0 unspecified atom stereocenters. The first kappa shape index (κ1) is 19.9. The summed E-state index contributed by atoms with van der Waals surface area (Å²) in [5, 5.41) is 0. The molecule has 4 rings (SSSR count). The molecular formula is C25H31FN2O. The van der Waals surface area contributed by atoms with E-state index in [-0.39, 0.29) is 11.5 Å². The molecule has 1 amide bonds. The topological polar surface area (TPSA) is 23.6 Å². The first-order valence-electron chi connectivity index (χ1n) is 10.9. The van der Waals surface area contributed by atoms with E-state index in [1.165, 1.54) is 55.2 Å². The summed E-state index contributed by atoms with van der Waals surface area (Å²) in [6, 6.07) is 13.2. The van der Waals surface area contributed by atoms with Gasteiger partial charge in [-0.3, -0.25) is 4.79 Å². The normalized spacial score (nSPS) is 21.1. The van der Waals surface area contributed by atoms with Crippen molar-refractivity contribution >= 4 is 11.6 Å². The lowest BCUT2D eigenvalue weighted by Crippen LogP contribution is -2.30. The smallest absolute Gasteiger partial charge is 0.256 e. The third kappa shape index (κ3) is 4.17. The predicted octanol–water partition coefficient (Wildman–Crippen LogP) is 5.25. The van der Waals surface area contributed by atoms with Crippen LogP contribution < -0.4 is 4.90 Å². The molecule has 0 spiro atoms. The Kier molecular flexibility index (Phi) is 5.89. The molecule has 0 N–H and O–H groups in total. The van der Waals surface area contributed by atoms with Gasteiger partial charge in [-0.15, -0.1) is 0 Å². The van der Waals surface area contributed by atoms with Crippen LogP contribution in [0.3, 0.4) is 0 Å². The van der Waals surface area contributed by atoms with Crippen LogP contribution in [0, 0.1) is 11.7 Å². The van der Waals surface area contributed by atoms with Gasteiger partial charge in [0.25, 0.3) is 5.91 Å². The Morgan fingerprint density at radius 2 is 1.90 bits per heavy atom. The van der Waals surface area contributed by atoms with E-state index in [0.717, 1.165) is 12.8 Å². The van der Waals surface area contributed by atoms with Gasteiger partial charge in [0.05, 0.1) is 5.56 Å². The summed E-state index contributed by atoms with van der Waals surface area (Å²) in [6.45, 7) is 5.28. The first-order chi connectivity index (χ1) is 14.0. The minimum absolute atomic E-state index is 0.154. The molecule has 2 atom stereocenters. The molecule has 0 aromatic heterocycles. The van der Waals surface area contributed by atoms with Crippen molar-refractivity contribution in [2.45, 2.75) is 44.9 Å².